The molecule has 0 saturated carbocycles. The van der Waals surface area contributed by atoms with Gasteiger partial charge >= 0.3 is 0 Å². The third kappa shape index (κ3) is 5.29. The van der Waals surface area contributed by atoms with Gasteiger partial charge in [0.1, 0.15) is 0 Å². The Balaban J connectivity index is 0.988. The number of benzene rings is 11. The average Bonchev–Trinajstić information content (AvgIpc) is 3.92. The van der Waals surface area contributed by atoms with Crippen molar-refractivity contribution < 1.29 is 0 Å². The molecule has 0 spiro atoms. The van der Waals surface area contributed by atoms with Crippen LogP contribution in [0.3, 0.4) is 0 Å². The molecule has 0 atom stereocenters. The Labute approximate surface area is 394 Å². The molecule has 316 valence electrons. The second-order valence-electron chi connectivity index (χ2n) is 18.7. The molecule has 3 aliphatic rings. The molecule has 11 aromatic carbocycles. The molecule has 0 fully saturated rings. The molecule has 0 saturated heterocycles. The minimum absolute atomic E-state index is 0.0976. The van der Waals surface area contributed by atoms with Crippen LogP contribution in [-0.2, 0) is 0 Å². The van der Waals surface area contributed by atoms with Crippen molar-refractivity contribution in [2.24, 2.45) is 0 Å². The van der Waals surface area contributed by atoms with Crippen molar-refractivity contribution in [1.29, 1.82) is 0 Å². The summed E-state index contributed by atoms with van der Waals surface area (Å²) in [6.45, 7) is 0. The lowest BCUT2D eigenvalue weighted by Gasteiger charge is -2.44. The molecule has 68 heavy (non-hydrogen) atoms. The lowest BCUT2D eigenvalue weighted by Crippen LogP contribution is -2.28. The second-order valence-corrected chi connectivity index (χ2v) is 18.7. The number of hydrogen-bond donors (Lipinski definition) is 0. The zero-order valence-electron chi connectivity index (χ0n) is 37.1. The van der Waals surface area contributed by atoms with Crippen LogP contribution in [0.4, 0.5) is 0 Å². The van der Waals surface area contributed by atoms with Crippen molar-refractivity contribution >= 4 is 54.4 Å². The molecule has 0 radical (unpaired) electrons. The van der Waals surface area contributed by atoms with Crippen LogP contribution in [-0.4, -0.2) is 9.13 Å². The fraction of sp³-hybridized carbons (Fsp3) is 0.0303. The van der Waals surface area contributed by atoms with Crippen molar-refractivity contribution in [2.75, 3.05) is 0 Å². The highest BCUT2D eigenvalue weighted by atomic mass is 15.0. The predicted molar refractivity (Wildman–Crippen MR) is 284 cm³/mol. The number of hydrogen-bond acceptors (Lipinski definition) is 0. The van der Waals surface area contributed by atoms with E-state index >= 15 is 0 Å². The monoisotopic (exact) mass is 862 g/mol. The standard InChI is InChI=1S/C66H42N2/c1-3-16-41(17-4-1)43-30-35-60-56(38-43)57-40-45(31-36-61(57)67(60)46-20-5-2-6-21-46)49-34-33-48(65-63-51-24-9-11-26-53(51)64(66(49)65)54-27-12-10-25-52(54)63)44-32-37-62-55(39-44)50-23-13-14-28-59(50)68(62)58-29-15-19-42-18-7-8-22-47(42)58/h1-40,63-64H. The Kier molecular flexibility index (Phi) is 7.93. The minimum Gasteiger partial charge on any atom is -0.309 e. The zero-order valence-corrected chi connectivity index (χ0v) is 37.1. The van der Waals surface area contributed by atoms with Crippen LogP contribution in [0.5, 0.6) is 0 Å². The van der Waals surface area contributed by atoms with Gasteiger partial charge in [0.2, 0.25) is 0 Å². The molecule has 16 rings (SSSR count). The maximum atomic E-state index is 2.48. The van der Waals surface area contributed by atoms with Gasteiger partial charge in [0.15, 0.2) is 0 Å². The van der Waals surface area contributed by atoms with Crippen molar-refractivity contribution in [2.45, 2.75) is 11.8 Å². The van der Waals surface area contributed by atoms with Crippen LogP contribution in [0, 0.1) is 0 Å². The summed E-state index contributed by atoms with van der Waals surface area (Å²) in [4.78, 5) is 0. The highest BCUT2D eigenvalue weighted by Gasteiger charge is 2.44. The maximum absolute atomic E-state index is 2.48. The summed E-state index contributed by atoms with van der Waals surface area (Å²) in [7, 11) is 0. The topological polar surface area (TPSA) is 9.86 Å². The second kappa shape index (κ2) is 14.4. The third-order valence-corrected chi connectivity index (χ3v) is 15.3. The molecule has 2 heteroatoms. The molecule has 0 N–H and O–H groups in total. The molecule has 13 aromatic rings. The summed E-state index contributed by atoms with van der Waals surface area (Å²) in [5.74, 6) is 0.197. The average molecular weight is 863 g/mol. The fourth-order valence-electron chi connectivity index (χ4n) is 12.5. The number of aromatic nitrogens is 2. The van der Waals surface area contributed by atoms with Gasteiger partial charge in [0, 0.05) is 44.5 Å². The molecule has 0 unspecified atom stereocenters. The molecule has 2 nitrogen and oxygen atoms in total. The molecular formula is C66H42N2. The van der Waals surface area contributed by atoms with E-state index in [1.54, 1.807) is 0 Å². The number of rotatable bonds is 5. The first kappa shape index (κ1) is 37.5. The minimum atomic E-state index is 0.0976. The summed E-state index contributed by atoms with van der Waals surface area (Å²) >= 11 is 0. The van der Waals surface area contributed by atoms with Gasteiger partial charge in [-0.3, -0.25) is 0 Å². The quantitative estimate of drug-likeness (QED) is 0.163. The Morgan fingerprint density at radius 3 is 1.32 bits per heavy atom. The van der Waals surface area contributed by atoms with Crippen molar-refractivity contribution in [3.05, 3.63) is 276 Å². The van der Waals surface area contributed by atoms with Gasteiger partial charge in [-0.05, 0) is 133 Å². The first-order chi connectivity index (χ1) is 33.8. The van der Waals surface area contributed by atoms with Crippen LogP contribution >= 0.6 is 0 Å². The van der Waals surface area contributed by atoms with Crippen LogP contribution in [0.1, 0.15) is 45.2 Å². The van der Waals surface area contributed by atoms with Gasteiger partial charge < -0.3 is 9.13 Å². The van der Waals surface area contributed by atoms with E-state index in [0.717, 1.165) is 5.69 Å². The van der Waals surface area contributed by atoms with Gasteiger partial charge in [0.05, 0.1) is 27.8 Å². The molecule has 0 aliphatic heterocycles. The van der Waals surface area contributed by atoms with E-state index in [1.807, 2.05) is 0 Å². The smallest absolute Gasteiger partial charge is 0.0541 e. The summed E-state index contributed by atoms with van der Waals surface area (Å²) in [5, 5.41) is 7.53. The van der Waals surface area contributed by atoms with E-state index < -0.39 is 0 Å². The van der Waals surface area contributed by atoms with Crippen molar-refractivity contribution in [3.8, 4) is 44.8 Å². The van der Waals surface area contributed by atoms with Gasteiger partial charge in [0.25, 0.3) is 0 Å². The number of fused-ring (bicyclic) bond motifs is 7. The van der Waals surface area contributed by atoms with E-state index in [2.05, 4.69) is 252 Å². The highest BCUT2D eigenvalue weighted by molar-refractivity contribution is 6.13. The molecule has 2 aromatic heterocycles. The van der Waals surface area contributed by atoms with Gasteiger partial charge in [-0.25, -0.2) is 0 Å². The summed E-state index contributed by atoms with van der Waals surface area (Å²) < 4.78 is 4.90. The summed E-state index contributed by atoms with van der Waals surface area (Å²) in [6, 6.07) is 90.7. The van der Waals surface area contributed by atoms with Crippen LogP contribution in [0.2, 0.25) is 0 Å². The Hall–Kier alpha value is -8.72. The fourth-order valence-corrected chi connectivity index (χ4v) is 12.5. The van der Waals surface area contributed by atoms with Crippen molar-refractivity contribution in [3.63, 3.8) is 0 Å². The van der Waals surface area contributed by atoms with E-state index in [1.165, 1.54) is 127 Å². The van der Waals surface area contributed by atoms with Crippen molar-refractivity contribution in [1.82, 2.24) is 9.13 Å². The molecule has 2 bridgehead atoms. The van der Waals surface area contributed by atoms with E-state index in [-0.39, 0.29) is 11.8 Å². The Bertz CT molecular complexity index is 4160. The SMILES string of the molecule is c1ccc(-c2ccc3c(c2)c2cc(-c4ccc(-c5ccc6c(c5)c5ccccc5n6-c5cccc6ccccc56)c5c4C4c6ccccc6C5c5ccccc54)ccc2n3-c2ccccc2)cc1. The summed E-state index contributed by atoms with van der Waals surface area (Å²) in [6.07, 6.45) is 0. The highest BCUT2D eigenvalue weighted by Crippen LogP contribution is 2.60. The first-order valence-corrected chi connectivity index (χ1v) is 23.8. The Morgan fingerprint density at radius 2 is 0.706 bits per heavy atom. The van der Waals surface area contributed by atoms with E-state index in [4.69, 9.17) is 0 Å². The largest absolute Gasteiger partial charge is 0.309 e. The lowest BCUT2D eigenvalue weighted by atomic mass is 9.58. The van der Waals surface area contributed by atoms with Gasteiger partial charge in [-0.15, -0.1) is 0 Å². The zero-order chi connectivity index (χ0) is 44.5. The van der Waals surface area contributed by atoms with Gasteiger partial charge in [-0.2, -0.15) is 0 Å². The van der Waals surface area contributed by atoms with Gasteiger partial charge in [-0.1, -0.05) is 182 Å². The van der Waals surface area contributed by atoms with Crippen LogP contribution in [0.15, 0.2) is 243 Å². The first-order valence-electron chi connectivity index (χ1n) is 23.8. The predicted octanol–water partition coefficient (Wildman–Crippen LogP) is 17.0. The van der Waals surface area contributed by atoms with Crippen LogP contribution < -0.4 is 0 Å². The third-order valence-electron chi connectivity index (χ3n) is 15.3. The lowest BCUT2D eigenvalue weighted by molar-refractivity contribution is 0.758. The molecular weight excluding hydrogens is 821 g/mol. The molecule has 2 heterocycles. The summed E-state index contributed by atoms with van der Waals surface area (Å²) in [5.41, 5.74) is 23.3. The van der Waals surface area contributed by atoms with E-state index in [0.29, 0.717) is 0 Å². The van der Waals surface area contributed by atoms with Crippen LogP contribution in [0.25, 0.3) is 99.1 Å². The Morgan fingerprint density at radius 1 is 0.265 bits per heavy atom. The molecule has 0 amide bonds. The van der Waals surface area contributed by atoms with E-state index in [9.17, 15) is 0 Å². The normalized spacial score (nSPS) is 14.8. The number of nitrogens with zero attached hydrogens (tertiary/aromatic N) is 2. The number of para-hydroxylation sites is 2. The maximum Gasteiger partial charge on any atom is 0.0541 e. The molecule has 3 aliphatic carbocycles.